The van der Waals surface area contributed by atoms with Crippen molar-refractivity contribution in [1.82, 2.24) is 10.6 Å². The molecule has 124 valence electrons. The van der Waals surface area contributed by atoms with E-state index >= 15 is 0 Å². The molecule has 2 fully saturated rings. The molecule has 23 heavy (non-hydrogen) atoms. The van der Waals surface area contributed by atoms with E-state index in [1.165, 1.54) is 11.1 Å². The van der Waals surface area contributed by atoms with Gasteiger partial charge in [0, 0.05) is 18.5 Å². The van der Waals surface area contributed by atoms with Crippen LogP contribution in [0, 0.1) is 11.8 Å². The Bertz CT molecular complexity index is 717. The lowest BCUT2D eigenvalue weighted by Gasteiger charge is -2.22. The van der Waals surface area contributed by atoms with E-state index in [1.54, 1.807) is 0 Å². The third-order valence-electron chi connectivity index (χ3n) is 5.56. The normalized spacial score (nSPS) is 31.0. The van der Waals surface area contributed by atoms with Gasteiger partial charge < -0.3 is 10.6 Å². The Hall–Kier alpha value is -1.56. The van der Waals surface area contributed by atoms with E-state index in [0.29, 0.717) is 31.2 Å². The molecule has 2 N–H and O–H groups in total. The van der Waals surface area contributed by atoms with E-state index in [1.807, 2.05) is 0 Å². The Kier molecular flexibility index (Phi) is 3.59. The maximum Gasteiger partial charge on any atom is 0.315 e. The van der Waals surface area contributed by atoms with Gasteiger partial charge in [0.15, 0.2) is 0 Å². The molecule has 0 bridgehead atoms. The summed E-state index contributed by atoms with van der Waals surface area (Å²) in [5.41, 5.74) is 2.81. The van der Waals surface area contributed by atoms with E-state index in [9.17, 15) is 13.2 Å². The largest absolute Gasteiger partial charge is 0.338 e. The van der Waals surface area contributed by atoms with E-state index in [-0.39, 0.29) is 29.5 Å². The van der Waals surface area contributed by atoms with Crippen LogP contribution in [0.4, 0.5) is 4.79 Å². The molecular formula is C17H22N2O3S. The predicted octanol–water partition coefficient (Wildman–Crippen LogP) is 1.45. The van der Waals surface area contributed by atoms with Gasteiger partial charge in [-0.3, -0.25) is 0 Å². The maximum absolute atomic E-state index is 12.1. The number of nitrogens with one attached hydrogen (secondary N) is 2. The van der Waals surface area contributed by atoms with Crippen LogP contribution in [0.2, 0.25) is 0 Å². The number of hydrogen-bond acceptors (Lipinski definition) is 3. The molecule has 3 atom stereocenters. The molecule has 1 aromatic rings. The number of carbonyl (C=O) groups is 1. The number of benzene rings is 1. The summed E-state index contributed by atoms with van der Waals surface area (Å²) in [4.78, 5) is 12.1. The second-order valence-corrected chi connectivity index (χ2v) is 9.37. The van der Waals surface area contributed by atoms with Crippen molar-refractivity contribution >= 4 is 15.9 Å². The summed E-state index contributed by atoms with van der Waals surface area (Å²) >= 11 is 0. The molecule has 1 heterocycles. The van der Waals surface area contributed by atoms with Crippen LogP contribution in [-0.2, 0) is 16.3 Å². The number of carbonyl (C=O) groups excluding carboxylic acids is 1. The second kappa shape index (κ2) is 5.51. The SMILES string of the molecule is O=C(NCC1CCS(=O)(=O)CC1)NC1C2Cc3ccccc3C21. The van der Waals surface area contributed by atoms with Crippen LogP contribution in [0.15, 0.2) is 24.3 Å². The monoisotopic (exact) mass is 334 g/mol. The maximum atomic E-state index is 12.1. The first kappa shape index (κ1) is 15.0. The van der Waals surface area contributed by atoms with Crippen LogP contribution in [0.1, 0.15) is 29.9 Å². The fourth-order valence-corrected chi connectivity index (χ4v) is 5.72. The summed E-state index contributed by atoms with van der Waals surface area (Å²) in [6, 6.07) is 8.63. The first-order chi connectivity index (χ1) is 11.0. The summed E-state index contributed by atoms with van der Waals surface area (Å²) in [5.74, 6) is 1.83. The molecule has 2 amide bonds. The third kappa shape index (κ3) is 2.96. The first-order valence-electron chi connectivity index (χ1n) is 8.36. The van der Waals surface area contributed by atoms with Crippen molar-refractivity contribution in [1.29, 1.82) is 0 Å². The van der Waals surface area contributed by atoms with Gasteiger partial charge in [-0.1, -0.05) is 24.3 Å². The van der Waals surface area contributed by atoms with E-state index in [2.05, 4.69) is 34.9 Å². The Labute approximate surface area is 136 Å². The Balaban J connectivity index is 1.24. The van der Waals surface area contributed by atoms with Crippen LogP contribution in [0.25, 0.3) is 0 Å². The summed E-state index contributed by atoms with van der Waals surface area (Å²) < 4.78 is 22.8. The van der Waals surface area contributed by atoms with Gasteiger partial charge in [0.25, 0.3) is 0 Å². The van der Waals surface area contributed by atoms with Gasteiger partial charge in [0.1, 0.15) is 9.84 Å². The van der Waals surface area contributed by atoms with Crippen LogP contribution < -0.4 is 10.6 Å². The van der Waals surface area contributed by atoms with Gasteiger partial charge >= 0.3 is 6.03 Å². The molecule has 3 unspecified atom stereocenters. The fourth-order valence-electron chi connectivity index (χ4n) is 4.13. The van der Waals surface area contributed by atoms with Crippen LogP contribution in [0.5, 0.6) is 0 Å². The summed E-state index contributed by atoms with van der Waals surface area (Å²) in [6.07, 6.45) is 2.38. The molecule has 6 heteroatoms. The van der Waals surface area contributed by atoms with Crippen LogP contribution in [-0.4, -0.2) is 38.5 Å². The second-order valence-electron chi connectivity index (χ2n) is 7.07. The third-order valence-corrected chi connectivity index (χ3v) is 7.28. The van der Waals surface area contributed by atoms with Crippen molar-refractivity contribution in [3.05, 3.63) is 35.4 Å². The van der Waals surface area contributed by atoms with Crippen molar-refractivity contribution in [2.75, 3.05) is 18.1 Å². The number of sulfone groups is 1. The molecule has 1 aromatic carbocycles. The highest BCUT2D eigenvalue weighted by molar-refractivity contribution is 7.91. The number of hydrogen-bond donors (Lipinski definition) is 2. The van der Waals surface area contributed by atoms with Gasteiger partial charge in [-0.05, 0) is 42.2 Å². The van der Waals surface area contributed by atoms with Crippen molar-refractivity contribution < 1.29 is 13.2 Å². The van der Waals surface area contributed by atoms with Gasteiger partial charge in [0.2, 0.25) is 0 Å². The molecule has 0 aromatic heterocycles. The number of fused-ring (bicyclic) bond motifs is 3. The topological polar surface area (TPSA) is 75.3 Å². The highest BCUT2D eigenvalue weighted by Gasteiger charge is 2.56. The quantitative estimate of drug-likeness (QED) is 0.878. The lowest BCUT2D eigenvalue weighted by molar-refractivity contribution is 0.237. The molecule has 0 radical (unpaired) electrons. The van der Waals surface area contributed by atoms with Crippen molar-refractivity contribution in [3.8, 4) is 0 Å². The molecule has 4 rings (SSSR count). The summed E-state index contributed by atoms with van der Waals surface area (Å²) in [5, 5.41) is 6.00. The molecule has 1 aliphatic heterocycles. The highest BCUT2D eigenvalue weighted by atomic mass is 32.2. The predicted molar refractivity (Wildman–Crippen MR) is 88.1 cm³/mol. The summed E-state index contributed by atoms with van der Waals surface area (Å²) in [6.45, 7) is 0.569. The minimum absolute atomic E-state index is 0.115. The van der Waals surface area contributed by atoms with Crippen molar-refractivity contribution in [3.63, 3.8) is 0 Å². The molecule has 3 aliphatic rings. The van der Waals surface area contributed by atoms with Gasteiger partial charge in [-0.2, -0.15) is 0 Å². The van der Waals surface area contributed by atoms with E-state index in [0.717, 1.165) is 6.42 Å². The molecule has 2 aliphatic carbocycles. The lowest BCUT2D eigenvalue weighted by atomic mass is 10.0. The van der Waals surface area contributed by atoms with Crippen molar-refractivity contribution in [2.24, 2.45) is 11.8 Å². The first-order valence-corrected chi connectivity index (χ1v) is 10.2. The Morgan fingerprint density at radius 3 is 2.70 bits per heavy atom. The number of rotatable bonds is 3. The van der Waals surface area contributed by atoms with Gasteiger partial charge in [-0.15, -0.1) is 0 Å². The lowest BCUT2D eigenvalue weighted by Crippen LogP contribution is -2.41. The summed E-state index contributed by atoms with van der Waals surface area (Å²) in [7, 11) is -2.83. The number of urea groups is 1. The van der Waals surface area contributed by atoms with E-state index < -0.39 is 9.84 Å². The zero-order valence-corrected chi connectivity index (χ0v) is 13.8. The molecule has 0 spiro atoms. The standard InChI is InChI=1S/C17H22N2O3S/c20-17(18-10-11-5-7-23(21,22)8-6-11)19-16-14-9-12-3-1-2-4-13(12)15(14)16/h1-4,11,14-16H,5-10H2,(H2,18,19,20). The fraction of sp³-hybridized carbons (Fsp3) is 0.588. The minimum atomic E-state index is -2.83. The van der Waals surface area contributed by atoms with E-state index in [4.69, 9.17) is 0 Å². The number of amides is 2. The van der Waals surface area contributed by atoms with Crippen LogP contribution >= 0.6 is 0 Å². The molecule has 1 saturated heterocycles. The zero-order valence-electron chi connectivity index (χ0n) is 13.0. The Morgan fingerprint density at radius 1 is 1.17 bits per heavy atom. The zero-order chi connectivity index (χ0) is 16.0. The van der Waals surface area contributed by atoms with Gasteiger partial charge in [0.05, 0.1) is 11.5 Å². The molecule has 5 nitrogen and oxygen atoms in total. The average molecular weight is 334 g/mol. The molecular weight excluding hydrogens is 312 g/mol. The van der Waals surface area contributed by atoms with Crippen LogP contribution in [0.3, 0.4) is 0 Å². The van der Waals surface area contributed by atoms with Crippen molar-refractivity contribution in [2.45, 2.75) is 31.2 Å². The average Bonchev–Trinajstić information content (AvgIpc) is 3.03. The Morgan fingerprint density at radius 2 is 1.91 bits per heavy atom. The van der Waals surface area contributed by atoms with Gasteiger partial charge in [-0.25, -0.2) is 13.2 Å². The highest BCUT2D eigenvalue weighted by Crippen LogP contribution is 2.56. The minimum Gasteiger partial charge on any atom is -0.338 e. The smallest absolute Gasteiger partial charge is 0.315 e. The molecule has 1 saturated carbocycles.